The van der Waals surface area contributed by atoms with Gasteiger partial charge >= 0.3 is 157 Å². The van der Waals surface area contributed by atoms with Gasteiger partial charge in [0.25, 0.3) is 0 Å². The number of rotatable bonds is 12. The van der Waals surface area contributed by atoms with Gasteiger partial charge in [0.1, 0.15) is 0 Å². The fourth-order valence-corrected chi connectivity index (χ4v) is 20.8. The zero-order valence-corrected chi connectivity index (χ0v) is 20.9. The van der Waals surface area contributed by atoms with Gasteiger partial charge in [0, 0.05) is 0 Å². The van der Waals surface area contributed by atoms with Gasteiger partial charge in [-0.05, 0) is 0 Å². The number of hydrogen-bond donors (Lipinski definition) is 0. The molecule has 0 bridgehead atoms. The van der Waals surface area contributed by atoms with Gasteiger partial charge in [0.05, 0.1) is 0 Å². The van der Waals surface area contributed by atoms with Crippen molar-refractivity contribution in [2.75, 3.05) is 0 Å². The fourth-order valence-electron chi connectivity index (χ4n) is 4.91. The summed E-state index contributed by atoms with van der Waals surface area (Å²) >= 11 is -1.85. The Morgan fingerprint density at radius 2 is 1.25 bits per heavy atom. The first-order valence-corrected chi connectivity index (χ1v) is 20.1. The van der Waals surface area contributed by atoms with E-state index in [4.69, 9.17) is 4.43 Å². The summed E-state index contributed by atoms with van der Waals surface area (Å²) in [6, 6.07) is 0. The number of unbranched alkanes of at least 4 members (excludes halogenated alkanes) is 3. The summed E-state index contributed by atoms with van der Waals surface area (Å²) in [7, 11) is -1.43. The Hall–Kier alpha value is 0.720. The van der Waals surface area contributed by atoms with Gasteiger partial charge in [-0.1, -0.05) is 0 Å². The van der Waals surface area contributed by atoms with E-state index in [1.165, 1.54) is 64.2 Å². The quantitative estimate of drug-likeness (QED) is 0.294. The second-order valence-electron chi connectivity index (χ2n) is 9.33. The van der Waals surface area contributed by atoms with Crippen LogP contribution in [0.25, 0.3) is 0 Å². The van der Waals surface area contributed by atoms with Crippen molar-refractivity contribution in [3.63, 3.8) is 0 Å². The van der Waals surface area contributed by atoms with Gasteiger partial charge < -0.3 is 0 Å². The molecule has 0 amide bonds. The summed E-state index contributed by atoms with van der Waals surface area (Å²) in [5, 5.41) is 4.90. The van der Waals surface area contributed by atoms with Crippen LogP contribution in [0, 0.1) is 0 Å². The predicted molar refractivity (Wildman–Crippen MR) is 115 cm³/mol. The van der Waals surface area contributed by atoms with Gasteiger partial charge in [0.2, 0.25) is 0 Å². The van der Waals surface area contributed by atoms with Crippen LogP contribution in [0.5, 0.6) is 0 Å². The average molecular weight is 415 g/mol. The second-order valence-corrected chi connectivity index (χ2v) is 24.2. The molecule has 0 radical (unpaired) electrons. The molecule has 1 saturated carbocycles. The molecule has 1 rings (SSSR count). The third kappa shape index (κ3) is 7.53. The fraction of sp³-hybridized carbons (Fsp3) is 1.00. The molecule has 24 heavy (non-hydrogen) atoms. The van der Waals surface area contributed by atoms with Crippen molar-refractivity contribution < 1.29 is 4.43 Å². The average Bonchev–Trinajstić information content (AvgIpc) is 2.54. The van der Waals surface area contributed by atoms with Gasteiger partial charge in [-0.25, -0.2) is 0 Å². The van der Waals surface area contributed by atoms with E-state index in [1.54, 1.807) is 15.8 Å². The van der Waals surface area contributed by atoms with E-state index >= 15 is 0 Å². The zero-order chi connectivity index (χ0) is 18.1. The van der Waals surface area contributed by atoms with Crippen LogP contribution in [-0.4, -0.2) is 27.7 Å². The molecule has 0 aromatic carbocycles. The molecule has 1 aliphatic rings. The summed E-state index contributed by atoms with van der Waals surface area (Å²) in [6.45, 7) is 14.4. The summed E-state index contributed by atoms with van der Waals surface area (Å²) in [5.41, 5.74) is 0. The molecule has 1 fully saturated rings. The summed E-state index contributed by atoms with van der Waals surface area (Å²) < 4.78 is 7.83. The maximum absolute atomic E-state index is 6.82. The van der Waals surface area contributed by atoms with Crippen molar-refractivity contribution >= 4 is 21.6 Å². The van der Waals surface area contributed by atoms with Gasteiger partial charge in [-0.2, -0.15) is 0 Å². The van der Waals surface area contributed by atoms with E-state index in [9.17, 15) is 0 Å². The van der Waals surface area contributed by atoms with Crippen LogP contribution in [0.4, 0.5) is 0 Å². The number of hydrogen-bond acceptors (Lipinski definition) is 1. The van der Waals surface area contributed by atoms with E-state index in [1.807, 2.05) is 0 Å². The predicted octanol–water partition coefficient (Wildman–Crippen LogP) is 8.00. The molecule has 0 aliphatic heterocycles. The Balaban J connectivity index is 3.03. The van der Waals surface area contributed by atoms with E-state index in [2.05, 4.69) is 40.4 Å². The van der Waals surface area contributed by atoms with Crippen molar-refractivity contribution in [1.29, 1.82) is 0 Å². The minimum absolute atomic E-state index is 0.635. The van der Waals surface area contributed by atoms with Crippen molar-refractivity contribution in [3.8, 4) is 0 Å². The molecule has 0 heterocycles. The van der Waals surface area contributed by atoms with Gasteiger partial charge in [-0.3, -0.25) is 0 Å². The summed E-state index contributed by atoms with van der Waals surface area (Å²) in [6.07, 6.45) is 15.0. The van der Waals surface area contributed by atoms with Gasteiger partial charge in [0.15, 0.2) is 0 Å². The van der Waals surface area contributed by atoms with Crippen LogP contribution < -0.4 is 0 Å². The molecule has 0 saturated heterocycles. The van der Waals surface area contributed by atoms with E-state index in [-0.39, 0.29) is 0 Å². The molecule has 0 aromatic heterocycles. The monoisotopic (exact) mass is 416 g/mol. The third-order valence-corrected chi connectivity index (χ3v) is 20.3. The molecule has 144 valence electrons. The molecule has 2 unspecified atom stereocenters. The first-order chi connectivity index (χ1) is 11.4. The Kier molecular flexibility index (Phi) is 10.8. The molecule has 0 aromatic rings. The van der Waals surface area contributed by atoms with E-state index < -0.39 is 21.6 Å². The van der Waals surface area contributed by atoms with Crippen molar-refractivity contribution in [3.05, 3.63) is 0 Å². The third-order valence-electron chi connectivity index (χ3n) is 6.08. The van der Waals surface area contributed by atoms with E-state index in [0.29, 0.717) is 6.10 Å². The van der Waals surface area contributed by atoms with Crippen molar-refractivity contribution in [1.82, 2.24) is 0 Å². The van der Waals surface area contributed by atoms with Crippen LogP contribution in [0.1, 0.15) is 85.0 Å². The normalized spacial score (nSPS) is 22.8. The molecular weight excluding hydrogens is 369 g/mol. The SMILES string of the molecule is CCC[CH2][Ge]([CH2]CCC)([CH2]CCC)[CH]1CCCCC1O[Si](C)(C)C. The Bertz CT molecular complexity index is 305. The molecule has 3 heteroatoms. The van der Waals surface area contributed by atoms with E-state index in [0.717, 1.165) is 4.75 Å². The Morgan fingerprint density at radius 1 is 0.792 bits per heavy atom. The molecule has 2 atom stereocenters. The second kappa shape index (κ2) is 11.4. The Labute approximate surface area is 157 Å². The standard InChI is InChI=1S/C21H46GeOSi/c1-7-10-17-22(18-11-8-2,19-12-9-3)20-15-13-14-16-21(20)23-24(4,5)6/h20-21H,7-19H2,1-6H3. The summed E-state index contributed by atoms with van der Waals surface area (Å²) in [4.78, 5) is 0. The first-order valence-electron chi connectivity index (χ1n) is 11.1. The topological polar surface area (TPSA) is 9.23 Å². The minimum atomic E-state index is -1.85. The Morgan fingerprint density at radius 3 is 1.67 bits per heavy atom. The zero-order valence-electron chi connectivity index (χ0n) is 17.8. The van der Waals surface area contributed by atoms with Crippen molar-refractivity contribution in [2.45, 2.75) is 131 Å². The van der Waals surface area contributed by atoms with Crippen LogP contribution in [0.2, 0.25) is 40.2 Å². The molecule has 1 nitrogen and oxygen atoms in total. The molecule has 1 aliphatic carbocycles. The van der Waals surface area contributed by atoms with Crippen LogP contribution in [0.3, 0.4) is 0 Å². The summed E-state index contributed by atoms with van der Waals surface area (Å²) in [5.74, 6) is 0. The molecule has 0 N–H and O–H groups in total. The van der Waals surface area contributed by atoms with Gasteiger partial charge in [-0.15, -0.1) is 0 Å². The van der Waals surface area contributed by atoms with Crippen LogP contribution in [-0.2, 0) is 4.43 Å². The first kappa shape index (κ1) is 22.8. The molecule has 0 spiro atoms. The van der Waals surface area contributed by atoms with Crippen LogP contribution >= 0.6 is 0 Å². The molecular formula is C21H46GeOSi. The van der Waals surface area contributed by atoms with Crippen LogP contribution in [0.15, 0.2) is 0 Å². The van der Waals surface area contributed by atoms with Crippen molar-refractivity contribution in [2.24, 2.45) is 0 Å². The maximum atomic E-state index is 6.82.